The van der Waals surface area contributed by atoms with E-state index in [1.807, 2.05) is 6.92 Å². The van der Waals surface area contributed by atoms with Crippen LogP contribution in [-0.4, -0.2) is 43.5 Å². The van der Waals surface area contributed by atoms with Crippen LogP contribution in [0.5, 0.6) is 0 Å². The summed E-state index contributed by atoms with van der Waals surface area (Å²) in [4.78, 5) is 4.52. The minimum atomic E-state index is -0.605. The van der Waals surface area contributed by atoms with E-state index in [0.717, 1.165) is 6.54 Å². The summed E-state index contributed by atoms with van der Waals surface area (Å²) in [5.41, 5.74) is 1.22. The third-order valence-electron chi connectivity index (χ3n) is 4.21. The molecular formula is C22H34IN3O2. The number of halogens is 1. The van der Waals surface area contributed by atoms with Crippen LogP contribution >= 0.6 is 24.0 Å². The van der Waals surface area contributed by atoms with Crippen molar-refractivity contribution in [3.05, 3.63) is 48.0 Å². The summed E-state index contributed by atoms with van der Waals surface area (Å²) in [5.74, 6) is 1.15. The zero-order valence-electron chi connectivity index (χ0n) is 17.3. The fourth-order valence-electron chi connectivity index (χ4n) is 2.92. The summed E-state index contributed by atoms with van der Waals surface area (Å²) in [6.45, 7) is 10.3. The molecule has 3 N–H and O–H groups in total. The third kappa shape index (κ3) is 7.93. The number of aliphatic hydroxyl groups excluding tert-OH is 1. The highest BCUT2D eigenvalue weighted by molar-refractivity contribution is 14.0. The van der Waals surface area contributed by atoms with Gasteiger partial charge in [0.2, 0.25) is 0 Å². The fourth-order valence-corrected chi connectivity index (χ4v) is 2.92. The number of rotatable bonds is 9. The maximum absolute atomic E-state index is 10.1. The van der Waals surface area contributed by atoms with Gasteiger partial charge in [0.15, 0.2) is 5.96 Å². The molecule has 2 atom stereocenters. The summed E-state index contributed by atoms with van der Waals surface area (Å²) < 4.78 is 5.49. The van der Waals surface area contributed by atoms with Gasteiger partial charge >= 0.3 is 0 Å². The summed E-state index contributed by atoms with van der Waals surface area (Å²) in [6, 6.07) is 14.8. The second-order valence-corrected chi connectivity index (χ2v) is 7.24. The Morgan fingerprint density at radius 1 is 1.07 bits per heavy atom. The highest BCUT2D eigenvalue weighted by atomic mass is 127. The second-order valence-electron chi connectivity index (χ2n) is 7.24. The van der Waals surface area contributed by atoms with Crippen LogP contribution in [0.4, 0.5) is 0 Å². The monoisotopic (exact) mass is 499 g/mol. The van der Waals surface area contributed by atoms with Crippen LogP contribution in [0.1, 0.15) is 39.3 Å². The maximum atomic E-state index is 10.1. The molecule has 0 fully saturated rings. The van der Waals surface area contributed by atoms with Crippen molar-refractivity contribution >= 4 is 40.7 Å². The van der Waals surface area contributed by atoms with Gasteiger partial charge in [0, 0.05) is 13.2 Å². The van der Waals surface area contributed by atoms with Crippen molar-refractivity contribution in [2.24, 2.45) is 10.9 Å². The van der Waals surface area contributed by atoms with E-state index in [1.54, 1.807) is 0 Å². The highest BCUT2D eigenvalue weighted by Crippen LogP contribution is 2.23. The Morgan fingerprint density at radius 2 is 1.79 bits per heavy atom. The van der Waals surface area contributed by atoms with Gasteiger partial charge in [0.05, 0.1) is 25.3 Å². The molecule has 0 spiro atoms. The van der Waals surface area contributed by atoms with Crippen LogP contribution in [0.15, 0.2) is 47.5 Å². The number of hydrogen-bond acceptors (Lipinski definition) is 3. The average molecular weight is 499 g/mol. The van der Waals surface area contributed by atoms with Crippen molar-refractivity contribution in [3.63, 3.8) is 0 Å². The molecule has 0 saturated carbocycles. The first kappa shape index (κ1) is 24.7. The van der Waals surface area contributed by atoms with Crippen LogP contribution in [-0.2, 0) is 4.74 Å². The smallest absolute Gasteiger partial charge is 0.191 e. The summed E-state index contributed by atoms with van der Waals surface area (Å²) in [7, 11) is 0. The minimum absolute atomic E-state index is 0. The Bertz CT molecular complexity index is 731. The van der Waals surface area contributed by atoms with E-state index in [1.165, 1.54) is 16.3 Å². The molecule has 6 heteroatoms. The molecule has 0 bridgehead atoms. The van der Waals surface area contributed by atoms with Gasteiger partial charge in [-0.25, -0.2) is 0 Å². The van der Waals surface area contributed by atoms with Crippen molar-refractivity contribution in [2.45, 2.75) is 39.8 Å². The molecule has 2 rings (SSSR count). The van der Waals surface area contributed by atoms with Crippen LogP contribution in [0.2, 0.25) is 0 Å². The number of guanidine groups is 1. The lowest BCUT2D eigenvalue weighted by Crippen LogP contribution is -2.39. The maximum Gasteiger partial charge on any atom is 0.191 e. The number of aliphatic imine (C=N–C) groups is 1. The zero-order chi connectivity index (χ0) is 19.6. The van der Waals surface area contributed by atoms with Crippen LogP contribution < -0.4 is 10.6 Å². The molecule has 0 aliphatic carbocycles. The van der Waals surface area contributed by atoms with E-state index < -0.39 is 6.10 Å². The van der Waals surface area contributed by atoms with Gasteiger partial charge in [-0.2, -0.15) is 0 Å². The molecule has 0 radical (unpaired) electrons. The minimum Gasteiger partial charge on any atom is -0.389 e. The van der Waals surface area contributed by atoms with E-state index in [9.17, 15) is 5.11 Å². The standard InChI is InChI=1S/C22H33N3O2.HI/c1-5-23-22(24-13-19(26)15-27-14-16(2)3)25-17(4)20-12-8-10-18-9-6-7-11-21(18)20;/h6-12,16-17,19,26H,5,13-15H2,1-4H3,(H2,23,24,25);1H. The van der Waals surface area contributed by atoms with Crippen LogP contribution in [0.25, 0.3) is 10.8 Å². The fraction of sp³-hybridized carbons (Fsp3) is 0.500. The molecule has 2 unspecified atom stereocenters. The molecule has 0 aliphatic heterocycles. The summed E-state index contributed by atoms with van der Waals surface area (Å²) in [6.07, 6.45) is -0.605. The molecule has 0 saturated heterocycles. The van der Waals surface area contributed by atoms with Crippen molar-refractivity contribution < 1.29 is 9.84 Å². The van der Waals surface area contributed by atoms with E-state index >= 15 is 0 Å². The van der Waals surface area contributed by atoms with Crippen molar-refractivity contribution in [2.75, 3.05) is 26.3 Å². The lowest BCUT2D eigenvalue weighted by molar-refractivity contribution is 0.0301. The van der Waals surface area contributed by atoms with Gasteiger partial charge in [0.25, 0.3) is 0 Å². The van der Waals surface area contributed by atoms with E-state index in [2.05, 4.69) is 78.9 Å². The first-order valence-corrected chi connectivity index (χ1v) is 9.79. The molecule has 2 aromatic carbocycles. The van der Waals surface area contributed by atoms with Crippen LogP contribution in [0.3, 0.4) is 0 Å². The molecule has 0 heterocycles. The second kappa shape index (κ2) is 13.0. The van der Waals surface area contributed by atoms with Gasteiger partial charge in [-0.1, -0.05) is 56.3 Å². The summed E-state index contributed by atoms with van der Waals surface area (Å²) >= 11 is 0. The van der Waals surface area contributed by atoms with E-state index in [-0.39, 0.29) is 30.0 Å². The molecule has 0 aliphatic rings. The molecular weight excluding hydrogens is 465 g/mol. The van der Waals surface area contributed by atoms with Crippen molar-refractivity contribution in [1.82, 2.24) is 10.6 Å². The van der Waals surface area contributed by atoms with Gasteiger partial charge in [0.1, 0.15) is 0 Å². The SMILES string of the molecule is CCNC(=NCC(O)COCC(C)C)NC(C)c1cccc2ccccc12.I. The Hall–Kier alpha value is -1.38. The van der Waals surface area contributed by atoms with Gasteiger partial charge in [-0.05, 0) is 36.1 Å². The van der Waals surface area contributed by atoms with Crippen molar-refractivity contribution in [3.8, 4) is 0 Å². The van der Waals surface area contributed by atoms with Crippen LogP contribution in [0, 0.1) is 5.92 Å². The van der Waals surface area contributed by atoms with Gasteiger partial charge in [-0.15, -0.1) is 24.0 Å². The topological polar surface area (TPSA) is 65.9 Å². The summed E-state index contributed by atoms with van der Waals surface area (Å²) in [5, 5.41) is 19.2. The number of nitrogens with one attached hydrogen (secondary N) is 2. The van der Waals surface area contributed by atoms with Gasteiger partial charge < -0.3 is 20.5 Å². The predicted octanol–water partition coefficient (Wildman–Crippen LogP) is 4.11. The number of fused-ring (bicyclic) bond motifs is 1. The Morgan fingerprint density at radius 3 is 2.50 bits per heavy atom. The first-order chi connectivity index (χ1) is 13.0. The van der Waals surface area contributed by atoms with Crippen molar-refractivity contribution in [1.29, 1.82) is 0 Å². The normalized spacial score (nSPS) is 13.9. The molecule has 0 amide bonds. The zero-order valence-corrected chi connectivity index (χ0v) is 19.6. The highest BCUT2D eigenvalue weighted by Gasteiger charge is 2.12. The predicted molar refractivity (Wildman–Crippen MR) is 129 cm³/mol. The third-order valence-corrected chi connectivity index (χ3v) is 4.21. The quantitative estimate of drug-likeness (QED) is 0.276. The number of hydrogen-bond donors (Lipinski definition) is 3. The largest absolute Gasteiger partial charge is 0.389 e. The average Bonchev–Trinajstić information content (AvgIpc) is 2.65. The molecule has 5 nitrogen and oxygen atoms in total. The molecule has 2 aromatic rings. The lowest BCUT2D eigenvalue weighted by Gasteiger charge is -2.20. The number of benzene rings is 2. The van der Waals surface area contributed by atoms with E-state index in [0.29, 0.717) is 31.6 Å². The van der Waals surface area contributed by atoms with E-state index in [4.69, 9.17) is 4.74 Å². The molecule has 156 valence electrons. The number of nitrogens with zero attached hydrogens (tertiary/aromatic N) is 1. The Labute approximate surface area is 186 Å². The number of ether oxygens (including phenoxy) is 1. The Kier molecular flexibility index (Phi) is 11.4. The van der Waals surface area contributed by atoms with Gasteiger partial charge in [-0.3, -0.25) is 4.99 Å². The molecule has 28 heavy (non-hydrogen) atoms. The molecule has 0 aromatic heterocycles. The lowest BCUT2D eigenvalue weighted by atomic mass is 10.00. The first-order valence-electron chi connectivity index (χ1n) is 9.79. The number of aliphatic hydroxyl groups is 1. The Balaban J connectivity index is 0.00000392.